The minimum Gasteiger partial charge on any atom is -0.201 e. The molecule has 2 nitrogen and oxygen atoms in total. The molecule has 30 heavy (non-hydrogen) atoms. The molecule has 0 fully saturated rings. The van der Waals surface area contributed by atoms with Gasteiger partial charge in [-0.3, -0.25) is 0 Å². The second-order valence-electron chi connectivity index (χ2n) is 8.42. The SMILES string of the molecule is Cc1cc[n+](C)c(-c2ccc(-c3cc(C)c(-c4ccccc4C)[n+](C)c3)cc2C)c1. The van der Waals surface area contributed by atoms with Gasteiger partial charge in [0.15, 0.2) is 12.4 Å². The highest BCUT2D eigenvalue weighted by Gasteiger charge is 2.19. The molecular weight excluding hydrogens is 364 g/mol. The Morgan fingerprint density at radius 3 is 2.03 bits per heavy atom. The molecule has 0 bridgehead atoms. The number of nitrogens with zero attached hydrogens (tertiary/aromatic N) is 2. The van der Waals surface area contributed by atoms with E-state index in [1.54, 1.807) is 0 Å². The third-order valence-corrected chi connectivity index (χ3v) is 5.97. The molecule has 0 atom stereocenters. The zero-order valence-corrected chi connectivity index (χ0v) is 18.8. The van der Waals surface area contributed by atoms with Crippen LogP contribution in [0.4, 0.5) is 0 Å². The molecule has 0 saturated heterocycles. The van der Waals surface area contributed by atoms with Crippen LogP contribution < -0.4 is 9.13 Å². The summed E-state index contributed by atoms with van der Waals surface area (Å²) in [6, 6.07) is 22.1. The number of aromatic nitrogens is 2. The fourth-order valence-corrected chi connectivity index (χ4v) is 4.36. The van der Waals surface area contributed by atoms with Crippen LogP contribution in [0.25, 0.3) is 33.6 Å². The summed E-state index contributed by atoms with van der Waals surface area (Å²) in [5, 5.41) is 0. The number of rotatable bonds is 3. The zero-order valence-electron chi connectivity index (χ0n) is 18.8. The van der Waals surface area contributed by atoms with E-state index in [0.29, 0.717) is 0 Å². The minimum atomic E-state index is 1.25. The van der Waals surface area contributed by atoms with Crippen LogP contribution in [0.5, 0.6) is 0 Å². The molecule has 0 radical (unpaired) electrons. The first kappa shape index (κ1) is 20.0. The summed E-state index contributed by atoms with van der Waals surface area (Å²) >= 11 is 0. The molecule has 2 aromatic carbocycles. The molecule has 0 saturated carbocycles. The van der Waals surface area contributed by atoms with Crippen molar-refractivity contribution in [2.75, 3.05) is 0 Å². The lowest BCUT2D eigenvalue weighted by Crippen LogP contribution is -2.32. The fraction of sp³-hybridized carbons (Fsp3) is 0.214. The third kappa shape index (κ3) is 3.66. The number of benzene rings is 2. The van der Waals surface area contributed by atoms with Gasteiger partial charge in [-0.25, -0.2) is 9.13 Å². The Morgan fingerprint density at radius 1 is 0.600 bits per heavy atom. The second kappa shape index (κ2) is 7.87. The van der Waals surface area contributed by atoms with E-state index in [2.05, 4.69) is 124 Å². The highest BCUT2D eigenvalue weighted by atomic mass is 14.9. The lowest BCUT2D eigenvalue weighted by molar-refractivity contribution is -0.660. The summed E-state index contributed by atoms with van der Waals surface area (Å²) in [5.41, 5.74) is 12.7. The molecule has 0 aliphatic heterocycles. The van der Waals surface area contributed by atoms with Crippen molar-refractivity contribution >= 4 is 0 Å². The van der Waals surface area contributed by atoms with Crippen LogP contribution in [0, 0.1) is 27.7 Å². The van der Waals surface area contributed by atoms with Gasteiger partial charge in [-0.05, 0) is 68.1 Å². The van der Waals surface area contributed by atoms with Gasteiger partial charge < -0.3 is 0 Å². The van der Waals surface area contributed by atoms with Crippen molar-refractivity contribution in [2.24, 2.45) is 14.1 Å². The highest BCUT2D eigenvalue weighted by Crippen LogP contribution is 2.30. The maximum absolute atomic E-state index is 2.31. The van der Waals surface area contributed by atoms with Gasteiger partial charge in [0, 0.05) is 34.4 Å². The van der Waals surface area contributed by atoms with Crippen LogP contribution in [-0.4, -0.2) is 0 Å². The van der Waals surface area contributed by atoms with Gasteiger partial charge in [-0.15, -0.1) is 0 Å². The van der Waals surface area contributed by atoms with Crippen LogP contribution in [0.15, 0.2) is 73.1 Å². The first-order valence-corrected chi connectivity index (χ1v) is 10.5. The molecular formula is C28H30N2+2. The van der Waals surface area contributed by atoms with Gasteiger partial charge in [0.05, 0.1) is 0 Å². The standard InChI is InChI=1S/C28H30N2/c1-19-13-14-29(5)27(15-19)25-12-11-23(16-21(25)3)24-17-22(4)28(30(6)18-24)26-10-8-7-9-20(26)2/h7-18H,1-6H3/q+2. The number of hydrogen-bond acceptors (Lipinski definition) is 0. The van der Waals surface area contributed by atoms with Crippen molar-refractivity contribution in [1.82, 2.24) is 0 Å². The fourth-order valence-electron chi connectivity index (χ4n) is 4.36. The van der Waals surface area contributed by atoms with E-state index in [1.165, 1.54) is 55.9 Å². The molecule has 0 aliphatic carbocycles. The predicted octanol–water partition coefficient (Wildman–Crippen LogP) is 5.57. The summed E-state index contributed by atoms with van der Waals surface area (Å²) in [7, 11) is 4.25. The lowest BCUT2D eigenvalue weighted by atomic mass is 9.95. The van der Waals surface area contributed by atoms with E-state index in [4.69, 9.17) is 0 Å². The zero-order chi connectivity index (χ0) is 21.4. The van der Waals surface area contributed by atoms with Crippen molar-refractivity contribution in [1.29, 1.82) is 0 Å². The monoisotopic (exact) mass is 394 g/mol. The van der Waals surface area contributed by atoms with Crippen molar-refractivity contribution < 1.29 is 9.13 Å². The van der Waals surface area contributed by atoms with Gasteiger partial charge >= 0.3 is 0 Å². The van der Waals surface area contributed by atoms with Gasteiger partial charge in [0.2, 0.25) is 11.4 Å². The number of aryl methyl sites for hydroxylation is 6. The summed E-state index contributed by atoms with van der Waals surface area (Å²) < 4.78 is 4.45. The summed E-state index contributed by atoms with van der Waals surface area (Å²) in [4.78, 5) is 0. The molecule has 0 amide bonds. The normalized spacial score (nSPS) is 11.0. The summed E-state index contributed by atoms with van der Waals surface area (Å²) in [5.74, 6) is 0. The molecule has 0 unspecified atom stereocenters. The van der Waals surface area contributed by atoms with E-state index in [0.717, 1.165) is 0 Å². The Balaban J connectivity index is 1.78. The Kier molecular flexibility index (Phi) is 5.26. The number of hydrogen-bond donors (Lipinski definition) is 0. The molecule has 150 valence electrons. The first-order chi connectivity index (χ1) is 14.3. The highest BCUT2D eigenvalue weighted by molar-refractivity contribution is 5.73. The molecule has 2 heteroatoms. The van der Waals surface area contributed by atoms with Crippen LogP contribution in [0.1, 0.15) is 22.3 Å². The van der Waals surface area contributed by atoms with Crippen LogP contribution in [0.2, 0.25) is 0 Å². The second-order valence-corrected chi connectivity index (χ2v) is 8.42. The van der Waals surface area contributed by atoms with E-state index >= 15 is 0 Å². The van der Waals surface area contributed by atoms with Gasteiger partial charge in [-0.1, -0.05) is 30.3 Å². The Bertz CT molecular complexity index is 1230. The van der Waals surface area contributed by atoms with Gasteiger partial charge in [0.25, 0.3) is 0 Å². The summed E-state index contributed by atoms with van der Waals surface area (Å²) in [6.07, 6.45) is 4.38. The predicted molar refractivity (Wildman–Crippen MR) is 124 cm³/mol. The lowest BCUT2D eigenvalue weighted by Gasteiger charge is -2.11. The Morgan fingerprint density at radius 2 is 1.33 bits per heavy atom. The first-order valence-electron chi connectivity index (χ1n) is 10.5. The molecule has 0 N–H and O–H groups in total. The van der Waals surface area contributed by atoms with Crippen molar-refractivity contribution in [3.63, 3.8) is 0 Å². The largest absolute Gasteiger partial charge is 0.215 e. The average Bonchev–Trinajstić information content (AvgIpc) is 2.71. The average molecular weight is 395 g/mol. The van der Waals surface area contributed by atoms with E-state index < -0.39 is 0 Å². The van der Waals surface area contributed by atoms with Crippen LogP contribution >= 0.6 is 0 Å². The molecule has 0 spiro atoms. The smallest absolute Gasteiger partial charge is 0.201 e. The quantitative estimate of drug-likeness (QED) is 0.401. The van der Waals surface area contributed by atoms with E-state index in [9.17, 15) is 0 Å². The summed E-state index contributed by atoms with van der Waals surface area (Å²) in [6.45, 7) is 8.73. The van der Waals surface area contributed by atoms with E-state index in [-0.39, 0.29) is 0 Å². The van der Waals surface area contributed by atoms with Crippen LogP contribution in [0.3, 0.4) is 0 Å². The molecule has 4 rings (SSSR count). The molecule has 2 heterocycles. The van der Waals surface area contributed by atoms with Crippen molar-refractivity contribution in [2.45, 2.75) is 27.7 Å². The molecule has 4 aromatic rings. The number of pyridine rings is 2. The van der Waals surface area contributed by atoms with Gasteiger partial charge in [-0.2, -0.15) is 0 Å². The molecule has 0 aliphatic rings. The van der Waals surface area contributed by atoms with Gasteiger partial charge in [0.1, 0.15) is 14.1 Å². The topological polar surface area (TPSA) is 7.76 Å². The van der Waals surface area contributed by atoms with Crippen molar-refractivity contribution in [3.05, 3.63) is 95.3 Å². The Labute approximate surface area is 180 Å². The Hall–Kier alpha value is -3.26. The third-order valence-electron chi connectivity index (χ3n) is 5.97. The minimum absolute atomic E-state index is 1.25. The molecule has 2 aromatic heterocycles. The maximum Gasteiger partial charge on any atom is 0.215 e. The maximum atomic E-state index is 2.31. The van der Waals surface area contributed by atoms with E-state index in [1.807, 2.05) is 0 Å². The van der Waals surface area contributed by atoms with Crippen molar-refractivity contribution in [3.8, 4) is 33.6 Å². The van der Waals surface area contributed by atoms with Crippen LogP contribution in [-0.2, 0) is 14.1 Å².